The van der Waals surface area contributed by atoms with Gasteiger partial charge in [0.15, 0.2) is 9.84 Å². The third-order valence-corrected chi connectivity index (χ3v) is 7.22. The standard InChI is InChI=1S/C15H18O3S/c1-2-11-3-5-12(6-4-11)15(16)9-13-7-8-14(10-15)19(13,17)18/h2-6,13-14,16H,1,7-10H2. The van der Waals surface area contributed by atoms with E-state index in [-0.39, 0.29) is 10.5 Å². The van der Waals surface area contributed by atoms with Gasteiger partial charge in [0.25, 0.3) is 0 Å². The molecule has 2 saturated heterocycles. The molecule has 0 aromatic heterocycles. The van der Waals surface area contributed by atoms with E-state index in [0.717, 1.165) is 11.1 Å². The fourth-order valence-corrected chi connectivity index (χ4v) is 5.90. The van der Waals surface area contributed by atoms with Crippen LogP contribution in [0.25, 0.3) is 6.08 Å². The van der Waals surface area contributed by atoms with Crippen molar-refractivity contribution in [2.75, 3.05) is 0 Å². The molecular formula is C15H18O3S. The Bertz CT molecular complexity index is 581. The van der Waals surface area contributed by atoms with E-state index < -0.39 is 15.4 Å². The highest BCUT2D eigenvalue weighted by Crippen LogP contribution is 2.47. The molecule has 2 atom stereocenters. The third kappa shape index (κ3) is 1.94. The van der Waals surface area contributed by atoms with Crippen LogP contribution in [0.3, 0.4) is 0 Å². The maximum absolute atomic E-state index is 12.1. The number of fused-ring (bicyclic) bond motifs is 2. The maximum atomic E-state index is 12.1. The monoisotopic (exact) mass is 278 g/mol. The summed E-state index contributed by atoms with van der Waals surface area (Å²) in [5.41, 5.74) is 0.834. The van der Waals surface area contributed by atoms with Crippen molar-refractivity contribution in [3.05, 3.63) is 42.0 Å². The number of aliphatic hydroxyl groups is 1. The highest BCUT2D eigenvalue weighted by molar-refractivity contribution is 7.93. The van der Waals surface area contributed by atoms with Crippen molar-refractivity contribution in [3.8, 4) is 0 Å². The predicted molar refractivity (Wildman–Crippen MR) is 75.4 cm³/mol. The quantitative estimate of drug-likeness (QED) is 0.902. The van der Waals surface area contributed by atoms with Gasteiger partial charge in [-0.15, -0.1) is 0 Å². The lowest BCUT2D eigenvalue weighted by Gasteiger charge is -2.36. The second kappa shape index (κ2) is 4.18. The van der Waals surface area contributed by atoms with E-state index >= 15 is 0 Å². The summed E-state index contributed by atoms with van der Waals surface area (Å²) in [7, 11) is -3.00. The molecule has 2 fully saturated rings. The average molecular weight is 278 g/mol. The molecule has 19 heavy (non-hydrogen) atoms. The molecule has 1 N–H and O–H groups in total. The van der Waals surface area contributed by atoms with Gasteiger partial charge in [-0.25, -0.2) is 8.42 Å². The minimum Gasteiger partial charge on any atom is -0.385 e. The van der Waals surface area contributed by atoms with Crippen molar-refractivity contribution in [2.45, 2.75) is 41.8 Å². The molecule has 2 aliphatic rings. The molecule has 4 heteroatoms. The van der Waals surface area contributed by atoms with Crippen LogP contribution >= 0.6 is 0 Å². The predicted octanol–water partition coefficient (Wildman–Crippen LogP) is 2.26. The summed E-state index contributed by atoms with van der Waals surface area (Å²) in [6, 6.07) is 7.58. The summed E-state index contributed by atoms with van der Waals surface area (Å²) in [6.45, 7) is 3.70. The summed E-state index contributed by atoms with van der Waals surface area (Å²) in [5.74, 6) is 0. The van der Waals surface area contributed by atoms with E-state index in [4.69, 9.17) is 0 Å². The molecule has 0 saturated carbocycles. The molecule has 0 spiro atoms. The van der Waals surface area contributed by atoms with Gasteiger partial charge in [0.1, 0.15) is 0 Å². The second-order valence-electron chi connectivity index (χ2n) is 5.68. The second-order valence-corrected chi connectivity index (χ2v) is 8.19. The van der Waals surface area contributed by atoms with Gasteiger partial charge in [-0.3, -0.25) is 0 Å². The van der Waals surface area contributed by atoms with Gasteiger partial charge in [0.05, 0.1) is 16.1 Å². The first-order chi connectivity index (χ1) is 8.95. The fourth-order valence-electron chi connectivity index (χ4n) is 3.41. The van der Waals surface area contributed by atoms with E-state index in [2.05, 4.69) is 6.58 Å². The Balaban J connectivity index is 1.94. The molecule has 3 rings (SSSR count). The largest absolute Gasteiger partial charge is 0.385 e. The highest BCUT2D eigenvalue weighted by atomic mass is 32.2. The first-order valence-electron chi connectivity index (χ1n) is 6.64. The first-order valence-corrected chi connectivity index (χ1v) is 8.25. The minimum absolute atomic E-state index is 0.333. The van der Waals surface area contributed by atoms with E-state index in [1.54, 1.807) is 6.08 Å². The lowest BCUT2D eigenvalue weighted by Crippen LogP contribution is -2.43. The molecule has 1 aromatic rings. The average Bonchev–Trinajstić information content (AvgIpc) is 2.58. The van der Waals surface area contributed by atoms with Crippen LogP contribution in [0, 0.1) is 0 Å². The van der Waals surface area contributed by atoms with Gasteiger partial charge >= 0.3 is 0 Å². The molecule has 2 unspecified atom stereocenters. The Labute approximate surface area is 113 Å². The topological polar surface area (TPSA) is 54.4 Å². The van der Waals surface area contributed by atoms with Crippen molar-refractivity contribution in [1.29, 1.82) is 0 Å². The molecule has 102 valence electrons. The van der Waals surface area contributed by atoms with Gasteiger partial charge in [-0.1, -0.05) is 36.9 Å². The molecule has 0 radical (unpaired) electrons. The number of benzene rings is 1. The Hall–Kier alpha value is -1.13. The summed E-state index contributed by atoms with van der Waals surface area (Å²) in [5, 5.41) is 10.1. The molecule has 0 amide bonds. The van der Waals surface area contributed by atoms with Crippen LogP contribution in [0.4, 0.5) is 0 Å². The van der Waals surface area contributed by atoms with Gasteiger partial charge in [0.2, 0.25) is 0 Å². The summed E-state index contributed by atoms with van der Waals surface area (Å²) >= 11 is 0. The molecule has 2 aliphatic heterocycles. The lowest BCUT2D eigenvalue weighted by molar-refractivity contribution is 0.0173. The number of sulfone groups is 1. The van der Waals surface area contributed by atoms with Crippen LogP contribution in [0.5, 0.6) is 0 Å². The highest BCUT2D eigenvalue weighted by Gasteiger charge is 2.53. The molecule has 3 nitrogen and oxygen atoms in total. The van der Waals surface area contributed by atoms with Gasteiger partial charge in [0, 0.05) is 0 Å². The van der Waals surface area contributed by atoms with Crippen molar-refractivity contribution in [2.24, 2.45) is 0 Å². The fraction of sp³-hybridized carbons (Fsp3) is 0.467. The van der Waals surface area contributed by atoms with Crippen molar-refractivity contribution < 1.29 is 13.5 Å². The van der Waals surface area contributed by atoms with Gasteiger partial charge < -0.3 is 5.11 Å². The van der Waals surface area contributed by atoms with Gasteiger partial charge in [-0.2, -0.15) is 0 Å². The molecule has 2 heterocycles. The zero-order valence-corrected chi connectivity index (χ0v) is 11.6. The van der Waals surface area contributed by atoms with Crippen LogP contribution in [0.2, 0.25) is 0 Å². The van der Waals surface area contributed by atoms with Crippen molar-refractivity contribution in [1.82, 2.24) is 0 Å². The first kappa shape index (κ1) is 12.9. The van der Waals surface area contributed by atoms with Crippen LogP contribution < -0.4 is 0 Å². The number of hydrogen-bond donors (Lipinski definition) is 1. The molecule has 2 bridgehead atoms. The van der Waals surface area contributed by atoms with Crippen LogP contribution in [0.15, 0.2) is 30.8 Å². The van der Waals surface area contributed by atoms with E-state index in [0.29, 0.717) is 25.7 Å². The Morgan fingerprint density at radius 1 is 1.16 bits per heavy atom. The lowest BCUT2D eigenvalue weighted by atomic mass is 9.85. The number of rotatable bonds is 2. The Morgan fingerprint density at radius 3 is 2.16 bits per heavy atom. The van der Waals surface area contributed by atoms with E-state index in [9.17, 15) is 13.5 Å². The zero-order valence-electron chi connectivity index (χ0n) is 10.7. The summed E-state index contributed by atoms with van der Waals surface area (Å²) in [6.07, 6.45) is 3.81. The SMILES string of the molecule is C=Cc1ccc(C2(O)CC3CCC(C2)S3(=O)=O)cc1. The van der Waals surface area contributed by atoms with Gasteiger partial charge in [-0.05, 0) is 36.8 Å². The summed E-state index contributed by atoms with van der Waals surface area (Å²) in [4.78, 5) is 0. The Morgan fingerprint density at radius 2 is 1.68 bits per heavy atom. The maximum Gasteiger partial charge on any atom is 0.156 e. The smallest absolute Gasteiger partial charge is 0.156 e. The van der Waals surface area contributed by atoms with Crippen molar-refractivity contribution in [3.63, 3.8) is 0 Å². The van der Waals surface area contributed by atoms with Crippen molar-refractivity contribution >= 4 is 15.9 Å². The number of hydrogen-bond acceptors (Lipinski definition) is 3. The third-order valence-electron chi connectivity index (χ3n) is 4.55. The van der Waals surface area contributed by atoms with Crippen LogP contribution in [-0.4, -0.2) is 24.0 Å². The van der Waals surface area contributed by atoms with Crippen LogP contribution in [-0.2, 0) is 15.4 Å². The normalized spacial score (nSPS) is 36.1. The molecule has 1 aromatic carbocycles. The molecular weight excluding hydrogens is 260 g/mol. The van der Waals surface area contributed by atoms with E-state index in [1.165, 1.54) is 0 Å². The minimum atomic E-state index is -3.00. The Kier molecular flexibility index (Phi) is 2.84. The zero-order chi connectivity index (χ0) is 13.7. The molecule has 0 aliphatic carbocycles. The van der Waals surface area contributed by atoms with Crippen LogP contribution in [0.1, 0.15) is 36.8 Å². The van der Waals surface area contributed by atoms with E-state index in [1.807, 2.05) is 24.3 Å². The summed E-state index contributed by atoms with van der Waals surface area (Å²) < 4.78 is 24.1.